The molecule has 5 N–H and O–H groups in total. The quantitative estimate of drug-likeness (QED) is 0.0464. The van der Waals surface area contributed by atoms with E-state index in [0.29, 0.717) is 47.9 Å². The molecule has 5 aromatic rings. The van der Waals surface area contributed by atoms with Crippen LogP contribution in [-0.4, -0.2) is 121 Å². The summed E-state index contributed by atoms with van der Waals surface area (Å²) in [6, 6.07) is 21.4. The van der Waals surface area contributed by atoms with Crippen LogP contribution in [-0.2, 0) is 27.5 Å². The third-order valence-electron chi connectivity index (χ3n) is 14.1. The first-order valence-corrected chi connectivity index (χ1v) is 25.5. The lowest BCUT2D eigenvalue weighted by Crippen LogP contribution is -2.54. The number of para-hydroxylation sites is 1. The van der Waals surface area contributed by atoms with Crippen molar-refractivity contribution in [3.05, 3.63) is 95.8 Å². The highest BCUT2D eigenvalue weighted by Gasteiger charge is 2.45. The van der Waals surface area contributed by atoms with Crippen LogP contribution in [0.2, 0.25) is 0 Å². The average molecular weight is 981 g/mol. The molecule has 6 heterocycles. The van der Waals surface area contributed by atoms with Crippen LogP contribution in [0.3, 0.4) is 0 Å². The zero-order valence-corrected chi connectivity index (χ0v) is 40.7. The van der Waals surface area contributed by atoms with Crippen molar-refractivity contribution >= 4 is 52.4 Å². The van der Waals surface area contributed by atoms with Crippen molar-refractivity contribution in [3.8, 4) is 22.8 Å². The summed E-state index contributed by atoms with van der Waals surface area (Å²) in [5.41, 5.74) is 11.1. The first-order chi connectivity index (χ1) is 35.1. The number of anilines is 4. The van der Waals surface area contributed by atoms with E-state index in [1.165, 1.54) is 19.3 Å². The summed E-state index contributed by atoms with van der Waals surface area (Å²) in [5.74, 6) is -1.09. The number of aromatic nitrogens is 5. The van der Waals surface area contributed by atoms with Crippen LogP contribution in [0.25, 0.3) is 11.3 Å². The number of piperazine rings is 1. The van der Waals surface area contributed by atoms with Gasteiger partial charge in [0, 0.05) is 80.8 Å². The molecule has 72 heavy (non-hydrogen) atoms. The number of phenolic OH excluding ortho intramolecular Hbond substituents is 1. The van der Waals surface area contributed by atoms with Crippen LogP contribution in [0.1, 0.15) is 116 Å². The number of aromatic hydroxyl groups is 1. The molecule has 9 rings (SSSR count). The number of hydrogen-bond donors (Lipinski definition) is 4. The molecule has 2 atom stereocenters. The standard InChI is InChI=1S/C53H64N12O7/c54-50-46(32-43(58-59-50)40-15-9-10-18-45(40)66)72-39-14-13-26-63(35-39)38-22-20-37(21-23-38)61-28-30-62(31-29-61)48(68)19-8-6-4-2-1-3-5-7-11-27-64-34-36(57-60-64)33-55-42-17-12-16-41-49(42)53(71)65(52(41)70)44-24-25-47(67)56-51(44)69/h9-10,12,15-18,20-23,32,34,39,44,55,66H,1-8,11,13-14,19,24-31,33,35H2,(H2,54,59)(H,56,67,69). The molecule has 5 amide bonds. The molecule has 4 aliphatic heterocycles. The van der Waals surface area contributed by atoms with Gasteiger partial charge in [0.1, 0.15) is 29.3 Å². The Balaban J connectivity index is 0.606. The number of ether oxygens (including phenoxy) is 1. The van der Waals surface area contributed by atoms with Gasteiger partial charge in [0.15, 0.2) is 11.6 Å². The molecule has 19 nitrogen and oxygen atoms in total. The first kappa shape index (κ1) is 49.4. The number of phenols is 1. The van der Waals surface area contributed by atoms with Gasteiger partial charge in [-0.3, -0.25) is 38.9 Å². The number of nitrogens with two attached hydrogens (primary N) is 1. The molecular formula is C53H64N12O7. The molecule has 0 saturated carbocycles. The predicted octanol–water partition coefficient (Wildman–Crippen LogP) is 6.33. The third kappa shape index (κ3) is 11.8. The minimum Gasteiger partial charge on any atom is -0.507 e. The van der Waals surface area contributed by atoms with Crippen LogP contribution in [0, 0.1) is 0 Å². The normalized spacial score (nSPS) is 18.1. The number of carbonyl (C=O) groups is 5. The van der Waals surface area contributed by atoms with E-state index in [2.05, 4.69) is 65.2 Å². The van der Waals surface area contributed by atoms with Crippen LogP contribution >= 0.6 is 0 Å². The van der Waals surface area contributed by atoms with E-state index in [1.807, 2.05) is 21.8 Å². The van der Waals surface area contributed by atoms with Crippen LogP contribution in [0.5, 0.6) is 11.5 Å². The van der Waals surface area contributed by atoms with Crippen LogP contribution in [0.15, 0.2) is 79.0 Å². The Morgan fingerprint density at radius 1 is 0.764 bits per heavy atom. The van der Waals surface area contributed by atoms with Crippen molar-refractivity contribution in [2.24, 2.45) is 0 Å². The van der Waals surface area contributed by atoms with Gasteiger partial charge in [-0.15, -0.1) is 15.3 Å². The van der Waals surface area contributed by atoms with Crippen LogP contribution < -0.4 is 30.9 Å². The maximum atomic E-state index is 13.4. The van der Waals surface area contributed by atoms with E-state index in [-0.39, 0.29) is 47.5 Å². The number of nitrogen functional groups attached to an aromatic ring is 1. The molecule has 0 bridgehead atoms. The number of aryl methyl sites for hydroxylation is 1. The Hall–Kier alpha value is -7.57. The van der Waals surface area contributed by atoms with Gasteiger partial charge < -0.3 is 35.6 Å². The minimum atomic E-state index is -1.02. The molecule has 3 fully saturated rings. The summed E-state index contributed by atoms with van der Waals surface area (Å²) in [4.78, 5) is 71.4. The van der Waals surface area contributed by atoms with Crippen LogP contribution in [0.4, 0.5) is 22.9 Å². The maximum Gasteiger partial charge on any atom is 0.264 e. The number of amides is 5. The molecule has 0 aliphatic carbocycles. The smallest absolute Gasteiger partial charge is 0.264 e. The van der Waals surface area contributed by atoms with Gasteiger partial charge in [-0.1, -0.05) is 68.4 Å². The topological polar surface area (TPSA) is 234 Å². The summed E-state index contributed by atoms with van der Waals surface area (Å²) < 4.78 is 8.21. The summed E-state index contributed by atoms with van der Waals surface area (Å²) in [6.07, 6.45) is 14.4. The summed E-state index contributed by atoms with van der Waals surface area (Å²) in [7, 11) is 0. The number of nitrogens with zero attached hydrogens (tertiary/aromatic N) is 9. The minimum absolute atomic E-state index is 0.0648. The van der Waals surface area contributed by atoms with Gasteiger partial charge >= 0.3 is 0 Å². The number of nitrogens with one attached hydrogen (secondary N) is 2. The third-order valence-corrected chi connectivity index (χ3v) is 14.1. The molecule has 2 aromatic heterocycles. The molecular weight excluding hydrogens is 917 g/mol. The Bertz CT molecular complexity index is 2740. The van der Waals surface area contributed by atoms with Gasteiger partial charge in [-0.25, -0.2) is 0 Å². The van der Waals surface area contributed by atoms with E-state index < -0.39 is 29.7 Å². The number of hydrogen-bond acceptors (Lipinski definition) is 15. The molecule has 0 radical (unpaired) electrons. The van der Waals surface area contributed by atoms with E-state index in [1.54, 1.807) is 42.5 Å². The fourth-order valence-corrected chi connectivity index (χ4v) is 10.2. The number of unbranched alkanes of at least 4 members (excludes halogenated alkanes) is 8. The Morgan fingerprint density at radius 3 is 2.22 bits per heavy atom. The average Bonchev–Trinajstić information content (AvgIpc) is 3.96. The number of carbonyl (C=O) groups excluding carboxylic acids is 5. The van der Waals surface area contributed by atoms with Crippen molar-refractivity contribution in [2.75, 3.05) is 60.1 Å². The monoisotopic (exact) mass is 981 g/mol. The van der Waals surface area contributed by atoms with Crippen molar-refractivity contribution in [1.29, 1.82) is 0 Å². The lowest BCUT2D eigenvalue weighted by Gasteiger charge is -2.37. The molecule has 2 unspecified atom stereocenters. The SMILES string of the molecule is Nc1nnc(-c2ccccc2O)cc1OC1CCCN(c2ccc(N3CCN(C(=O)CCCCCCCCCCCn4cc(CNc5cccc6c5C(=O)N(C5CCC(=O)NC5=O)C6=O)nn4)CC3)cc2)C1. The number of imide groups is 2. The molecule has 0 spiro atoms. The highest BCUT2D eigenvalue weighted by Crippen LogP contribution is 2.34. The highest BCUT2D eigenvalue weighted by molar-refractivity contribution is 6.25. The fourth-order valence-electron chi connectivity index (χ4n) is 10.2. The number of piperidine rings is 2. The van der Waals surface area contributed by atoms with E-state index >= 15 is 0 Å². The highest BCUT2D eigenvalue weighted by atomic mass is 16.5. The van der Waals surface area contributed by atoms with Crippen molar-refractivity contribution < 1.29 is 33.8 Å². The Labute approximate surface area is 419 Å². The fraction of sp³-hybridized carbons (Fsp3) is 0.453. The predicted molar refractivity (Wildman–Crippen MR) is 271 cm³/mol. The molecule has 3 aromatic carbocycles. The largest absolute Gasteiger partial charge is 0.507 e. The molecule has 19 heteroatoms. The van der Waals surface area contributed by atoms with E-state index in [9.17, 15) is 29.1 Å². The van der Waals surface area contributed by atoms with Gasteiger partial charge in [0.2, 0.25) is 17.7 Å². The lowest BCUT2D eigenvalue weighted by molar-refractivity contribution is -0.136. The van der Waals surface area contributed by atoms with Crippen molar-refractivity contribution in [1.82, 2.24) is 40.3 Å². The maximum absolute atomic E-state index is 13.4. The summed E-state index contributed by atoms with van der Waals surface area (Å²) in [5, 5.41) is 32.6. The van der Waals surface area contributed by atoms with Crippen molar-refractivity contribution in [2.45, 2.75) is 115 Å². The zero-order chi connectivity index (χ0) is 50.0. The van der Waals surface area contributed by atoms with Gasteiger partial charge in [-0.05, 0) is 80.6 Å². The van der Waals surface area contributed by atoms with E-state index in [4.69, 9.17) is 10.5 Å². The van der Waals surface area contributed by atoms with Gasteiger partial charge in [-0.2, -0.15) is 0 Å². The Morgan fingerprint density at radius 2 is 1.47 bits per heavy atom. The lowest BCUT2D eigenvalue weighted by atomic mass is 10.0. The zero-order valence-electron chi connectivity index (χ0n) is 40.7. The van der Waals surface area contributed by atoms with Gasteiger partial charge in [0.05, 0.1) is 30.4 Å². The molecule has 378 valence electrons. The Kier molecular flexibility index (Phi) is 15.9. The molecule has 3 saturated heterocycles. The second-order valence-electron chi connectivity index (χ2n) is 19.1. The summed E-state index contributed by atoms with van der Waals surface area (Å²) >= 11 is 0. The number of benzene rings is 3. The molecule has 4 aliphatic rings. The second kappa shape index (κ2) is 23.1. The van der Waals surface area contributed by atoms with Crippen molar-refractivity contribution in [3.63, 3.8) is 0 Å². The number of rotatable bonds is 21. The summed E-state index contributed by atoms with van der Waals surface area (Å²) in [6.45, 7) is 5.80. The van der Waals surface area contributed by atoms with Gasteiger partial charge in [0.25, 0.3) is 11.8 Å². The van der Waals surface area contributed by atoms with E-state index in [0.717, 1.165) is 107 Å². The number of fused-ring (bicyclic) bond motifs is 1. The second-order valence-corrected chi connectivity index (χ2v) is 19.1. The first-order valence-electron chi connectivity index (χ1n) is 25.5.